The van der Waals surface area contributed by atoms with Gasteiger partial charge in [-0.3, -0.25) is 9.69 Å². The SMILES string of the molecule is Cc1ccc(F)c(C(=O)NC2CCN(CC#N)CC2)c1. The van der Waals surface area contributed by atoms with Gasteiger partial charge in [-0.1, -0.05) is 11.6 Å². The molecular formula is C15H18FN3O. The first kappa shape index (κ1) is 14.5. The van der Waals surface area contributed by atoms with Gasteiger partial charge in [0.2, 0.25) is 0 Å². The van der Waals surface area contributed by atoms with Gasteiger partial charge < -0.3 is 5.32 Å². The minimum Gasteiger partial charge on any atom is -0.349 e. The highest BCUT2D eigenvalue weighted by Gasteiger charge is 2.22. The van der Waals surface area contributed by atoms with E-state index in [2.05, 4.69) is 16.3 Å². The molecule has 4 nitrogen and oxygen atoms in total. The number of benzene rings is 1. The lowest BCUT2D eigenvalue weighted by molar-refractivity contribution is 0.0910. The number of nitrogens with zero attached hydrogens (tertiary/aromatic N) is 2. The molecule has 0 aromatic heterocycles. The molecule has 1 aromatic rings. The molecule has 1 heterocycles. The van der Waals surface area contributed by atoms with Crippen LogP contribution in [-0.4, -0.2) is 36.5 Å². The predicted molar refractivity (Wildman–Crippen MR) is 73.7 cm³/mol. The van der Waals surface area contributed by atoms with Crippen LogP contribution in [0, 0.1) is 24.1 Å². The molecule has 106 valence electrons. The van der Waals surface area contributed by atoms with E-state index in [9.17, 15) is 9.18 Å². The van der Waals surface area contributed by atoms with Gasteiger partial charge in [-0.05, 0) is 31.9 Å². The third kappa shape index (κ3) is 3.55. The summed E-state index contributed by atoms with van der Waals surface area (Å²) in [6, 6.07) is 6.70. The molecule has 1 aliphatic rings. The average molecular weight is 275 g/mol. The number of likely N-dealkylation sites (tertiary alicyclic amines) is 1. The third-order valence-electron chi connectivity index (χ3n) is 3.58. The van der Waals surface area contributed by atoms with Crippen LogP contribution in [0.25, 0.3) is 0 Å². The third-order valence-corrected chi connectivity index (χ3v) is 3.58. The maximum absolute atomic E-state index is 13.6. The van der Waals surface area contributed by atoms with E-state index >= 15 is 0 Å². The molecule has 1 saturated heterocycles. The smallest absolute Gasteiger partial charge is 0.254 e. The first-order valence-corrected chi connectivity index (χ1v) is 6.76. The molecule has 1 amide bonds. The Kier molecular flexibility index (Phi) is 4.70. The summed E-state index contributed by atoms with van der Waals surface area (Å²) in [6.45, 7) is 3.83. The molecule has 1 aromatic carbocycles. The fourth-order valence-corrected chi connectivity index (χ4v) is 2.41. The predicted octanol–water partition coefficient (Wildman–Crippen LogP) is 1.85. The van der Waals surface area contributed by atoms with E-state index in [-0.39, 0.29) is 17.5 Å². The van der Waals surface area contributed by atoms with Crippen LogP contribution in [0.2, 0.25) is 0 Å². The van der Waals surface area contributed by atoms with Crippen molar-refractivity contribution in [1.82, 2.24) is 10.2 Å². The number of halogens is 1. The van der Waals surface area contributed by atoms with Gasteiger partial charge in [0.05, 0.1) is 18.2 Å². The zero-order chi connectivity index (χ0) is 14.5. The molecule has 5 heteroatoms. The van der Waals surface area contributed by atoms with E-state index in [1.807, 2.05) is 6.92 Å². The topological polar surface area (TPSA) is 56.1 Å². The van der Waals surface area contributed by atoms with Gasteiger partial charge in [0.15, 0.2) is 0 Å². The standard InChI is InChI=1S/C15H18FN3O/c1-11-2-3-14(16)13(10-11)15(20)18-12-4-7-19(8-5-12)9-6-17/h2-3,10,12H,4-5,7-9H2,1H3,(H,18,20). The van der Waals surface area contributed by atoms with Crippen LogP contribution >= 0.6 is 0 Å². The summed E-state index contributed by atoms with van der Waals surface area (Å²) in [5.74, 6) is -0.847. The van der Waals surface area contributed by atoms with Crippen molar-refractivity contribution in [2.45, 2.75) is 25.8 Å². The van der Waals surface area contributed by atoms with Crippen molar-refractivity contribution in [2.24, 2.45) is 0 Å². The first-order valence-electron chi connectivity index (χ1n) is 6.76. The number of nitriles is 1. The molecule has 0 aliphatic carbocycles. The van der Waals surface area contributed by atoms with E-state index in [1.165, 1.54) is 6.07 Å². The fourth-order valence-electron chi connectivity index (χ4n) is 2.41. The molecule has 1 aliphatic heterocycles. The second kappa shape index (κ2) is 6.49. The van der Waals surface area contributed by atoms with E-state index in [1.54, 1.807) is 12.1 Å². The summed E-state index contributed by atoms with van der Waals surface area (Å²) < 4.78 is 13.6. The summed E-state index contributed by atoms with van der Waals surface area (Å²) in [6.07, 6.45) is 1.59. The number of carbonyl (C=O) groups is 1. The average Bonchev–Trinajstić information content (AvgIpc) is 2.44. The van der Waals surface area contributed by atoms with Gasteiger partial charge in [-0.2, -0.15) is 5.26 Å². The minimum atomic E-state index is -0.491. The highest BCUT2D eigenvalue weighted by Crippen LogP contribution is 2.13. The molecule has 0 bridgehead atoms. The molecule has 0 radical (unpaired) electrons. The fraction of sp³-hybridized carbons (Fsp3) is 0.467. The minimum absolute atomic E-state index is 0.0531. The Hall–Kier alpha value is -1.93. The van der Waals surface area contributed by atoms with Crippen molar-refractivity contribution in [2.75, 3.05) is 19.6 Å². The molecule has 2 rings (SSSR count). The molecule has 0 unspecified atom stereocenters. The van der Waals surface area contributed by atoms with Gasteiger partial charge in [0, 0.05) is 19.1 Å². The Labute approximate surface area is 118 Å². The van der Waals surface area contributed by atoms with Crippen molar-refractivity contribution in [3.8, 4) is 6.07 Å². The summed E-state index contributed by atoms with van der Waals surface area (Å²) in [7, 11) is 0. The number of aryl methyl sites for hydroxylation is 1. The lowest BCUT2D eigenvalue weighted by atomic mass is 10.0. The van der Waals surface area contributed by atoms with E-state index in [0.717, 1.165) is 31.5 Å². The van der Waals surface area contributed by atoms with E-state index in [4.69, 9.17) is 5.26 Å². The largest absolute Gasteiger partial charge is 0.349 e. The van der Waals surface area contributed by atoms with Crippen LogP contribution in [0.15, 0.2) is 18.2 Å². The van der Waals surface area contributed by atoms with Gasteiger partial charge in [-0.25, -0.2) is 4.39 Å². The molecular weight excluding hydrogens is 257 g/mol. The number of amides is 1. The molecule has 0 atom stereocenters. The van der Waals surface area contributed by atoms with Gasteiger partial charge >= 0.3 is 0 Å². The van der Waals surface area contributed by atoms with E-state index < -0.39 is 5.82 Å². The maximum Gasteiger partial charge on any atom is 0.254 e. The van der Waals surface area contributed by atoms with Crippen LogP contribution in [0.1, 0.15) is 28.8 Å². The summed E-state index contributed by atoms with van der Waals surface area (Å²) in [5.41, 5.74) is 0.963. The monoisotopic (exact) mass is 275 g/mol. The highest BCUT2D eigenvalue weighted by molar-refractivity contribution is 5.94. The second-order valence-electron chi connectivity index (χ2n) is 5.17. The van der Waals surface area contributed by atoms with Crippen LogP contribution in [0.4, 0.5) is 4.39 Å². The number of nitrogens with one attached hydrogen (secondary N) is 1. The first-order chi connectivity index (χ1) is 9.60. The van der Waals surface area contributed by atoms with Crippen molar-refractivity contribution in [3.63, 3.8) is 0 Å². The Balaban J connectivity index is 1.93. The molecule has 0 saturated carbocycles. The van der Waals surface area contributed by atoms with Gasteiger partial charge in [0.25, 0.3) is 5.91 Å². The summed E-state index contributed by atoms with van der Waals surface area (Å²) in [4.78, 5) is 14.1. The normalized spacial score (nSPS) is 16.6. The Bertz CT molecular complexity index is 530. The molecule has 20 heavy (non-hydrogen) atoms. The highest BCUT2D eigenvalue weighted by atomic mass is 19.1. The zero-order valence-corrected chi connectivity index (χ0v) is 11.5. The van der Waals surface area contributed by atoms with Crippen molar-refractivity contribution >= 4 is 5.91 Å². The number of hydrogen-bond acceptors (Lipinski definition) is 3. The van der Waals surface area contributed by atoms with Crippen molar-refractivity contribution in [1.29, 1.82) is 5.26 Å². The number of carbonyl (C=O) groups excluding carboxylic acids is 1. The van der Waals surface area contributed by atoms with Crippen molar-refractivity contribution in [3.05, 3.63) is 35.1 Å². The van der Waals surface area contributed by atoms with Crippen LogP contribution in [0.3, 0.4) is 0 Å². The Morgan fingerprint density at radius 2 is 2.20 bits per heavy atom. The number of piperidine rings is 1. The number of hydrogen-bond donors (Lipinski definition) is 1. The lowest BCUT2D eigenvalue weighted by Gasteiger charge is -2.30. The zero-order valence-electron chi connectivity index (χ0n) is 11.5. The molecule has 0 spiro atoms. The quantitative estimate of drug-likeness (QED) is 0.857. The Morgan fingerprint density at radius 1 is 1.50 bits per heavy atom. The van der Waals surface area contributed by atoms with Crippen LogP contribution in [-0.2, 0) is 0 Å². The summed E-state index contributed by atoms with van der Waals surface area (Å²) >= 11 is 0. The molecule has 1 fully saturated rings. The van der Waals surface area contributed by atoms with E-state index in [0.29, 0.717) is 6.54 Å². The maximum atomic E-state index is 13.6. The lowest BCUT2D eigenvalue weighted by Crippen LogP contribution is -2.44. The van der Waals surface area contributed by atoms with Crippen LogP contribution in [0.5, 0.6) is 0 Å². The van der Waals surface area contributed by atoms with Crippen LogP contribution < -0.4 is 5.32 Å². The molecule has 1 N–H and O–H groups in total. The van der Waals surface area contributed by atoms with Crippen molar-refractivity contribution < 1.29 is 9.18 Å². The second-order valence-corrected chi connectivity index (χ2v) is 5.17. The summed E-state index contributed by atoms with van der Waals surface area (Å²) in [5, 5.41) is 11.5. The number of rotatable bonds is 3. The Morgan fingerprint density at radius 3 is 2.85 bits per heavy atom. The van der Waals surface area contributed by atoms with Gasteiger partial charge in [0.1, 0.15) is 5.82 Å². The van der Waals surface area contributed by atoms with Gasteiger partial charge in [-0.15, -0.1) is 0 Å².